The highest BCUT2D eigenvalue weighted by molar-refractivity contribution is 5.98. The Hall–Kier alpha value is -1.76. The van der Waals surface area contributed by atoms with Crippen LogP contribution in [0.2, 0.25) is 0 Å². The molecule has 0 aliphatic carbocycles. The minimum Gasteiger partial charge on any atom is -0.432 e. The van der Waals surface area contributed by atoms with Gasteiger partial charge in [0.25, 0.3) is 5.91 Å². The van der Waals surface area contributed by atoms with Crippen molar-refractivity contribution in [3.8, 4) is 5.75 Å². The topological polar surface area (TPSA) is 49.8 Å². The Kier molecular flexibility index (Phi) is 3.42. The third-order valence-corrected chi connectivity index (χ3v) is 2.62. The quantitative estimate of drug-likeness (QED) is 0.897. The van der Waals surface area contributed by atoms with Crippen molar-refractivity contribution in [2.75, 3.05) is 11.4 Å². The highest BCUT2D eigenvalue weighted by Crippen LogP contribution is 2.27. The zero-order valence-corrected chi connectivity index (χ0v) is 9.15. The predicted molar refractivity (Wildman–Crippen MR) is 56.0 cm³/mol. The lowest BCUT2D eigenvalue weighted by Gasteiger charge is -2.16. The van der Waals surface area contributed by atoms with Gasteiger partial charge in [-0.15, -0.1) is 0 Å². The standard InChI is InChI=1S/C11H10F3NO3/c12-7-5-6(1-2-9(7)18-11(13)14)15-4-3-8(16)10(15)17/h1-2,5,8,11,16H,3-4H2. The van der Waals surface area contributed by atoms with Crippen molar-refractivity contribution < 1.29 is 27.8 Å². The lowest BCUT2D eigenvalue weighted by molar-refractivity contribution is -0.124. The molecule has 1 heterocycles. The molecule has 2 rings (SSSR count). The van der Waals surface area contributed by atoms with Crippen LogP contribution in [0.1, 0.15) is 6.42 Å². The molecule has 4 nitrogen and oxygen atoms in total. The van der Waals surface area contributed by atoms with Gasteiger partial charge in [0, 0.05) is 24.7 Å². The van der Waals surface area contributed by atoms with Crippen LogP contribution < -0.4 is 9.64 Å². The molecule has 0 aromatic heterocycles. The Morgan fingerprint density at radius 1 is 1.44 bits per heavy atom. The molecule has 0 spiro atoms. The monoisotopic (exact) mass is 261 g/mol. The molecule has 7 heteroatoms. The Bertz CT molecular complexity index is 467. The first-order chi connectivity index (χ1) is 8.49. The molecule has 0 bridgehead atoms. The molecule has 0 saturated carbocycles. The fourth-order valence-corrected chi connectivity index (χ4v) is 1.77. The van der Waals surface area contributed by atoms with Gasteiger partial charge >= 0.3 is 6.61 Å². The van der Waals surface area contributed by atoms with E-state index in [9.17, 15) is 23.1 Å². The van der Waals surface area contributed by atoms with Crippen molar-refractivity contribution in [1.29, 1.82) is 0 Å². The number of rotatable bonds is 3. The normalized spacial score (nSPS) is 19.7. The second-order valence-electron chi connectivity index (χ2n) is 3.79. The Balaban J connectivity index is 2.21. The highest BCUT2D eigenvalue weighted by atomic mass is 19.3. The molecule has 1 aromatic carbocycles. The zero-order valence-electron chi connectivity index (χ0n) is 9.15. The summed E-state index contributed by atoms with van der Waals surface area (Å²) in [6.45, 7) is -2.85. The number of nitrogens with zero attached hydrogens (tertiary/aromatic N) is 1. The van der Waals surface area contributed by atoms with Crippen LogP contribution in [0.5, 0.6) is 5.75 Å². The maximum Gasteiger partial charge on any atom is 0.387 e. The number of benzene rings is 1. The number of ether oxygens (including phenoxy) is 1. The number of carbonyl (C=O) groups is 1. The lowest BCUT2D eigenvalue weighted by atomic mass is 10.2. The summed E-state index contributed by atoms with van der Waals surface area (Å²) in [7, 11) is 0. The molecule has 1 saturated heterocycles. The van der Waals surface area contributed by atoms with E-state index >= 15 is 0 Å². The molecular weight excluding hydrogens is 251 g/mol. The molecule has 1 N–H and O–H groups in total. The number of hydrogen-bond donors (Lipinski definition) is 1. The van der Waals surface area contributed by atoms with Crippen molar-refractivity contribution >= 4 is 11.6 Å². The van der Waals surface area contributed by atoms with Gasteiger partial charge in [0.15, 0.2) is 11.6 Å². The maximum absolute atomic E-state index is 13.4. The van der Waals surface area contributed by atoms with Gasteiger partial charge in [-0.25, -0.2) is 4.39 Å². The van der Waals surface area contributed by atoms with Crippen LogP contribution in [0.15, 0.2) is 18.2 Å². The second kappa shape index (κ2) is 4.85. The van der Waals surface area contributed by atoms with Gasteiger partial charge < -0.3 is 14.7 Å². The van der Waals surface area contributed by atoms with Crippen LogP contribution in [0, 0.1) is 5.82 Å². The van der Waals surface area contributed by atoms with Gasteiger partial charge in [-0.1, -0.05) is 0 Å². The first kappa shape index (κ1) is 12.7. The van der Waals surface area contributed by atoms with Gasteiger partial charge in [0.2, 0.25) is 0 Å². The molecule has 0 radical (unpaired) electrons. The summed E-state index contributed by atoms with van der Waals surface area (Å²) < 4.78 is 41.2. The van der Waals surface area contributed by atoms with E-state index in [-0.39, 0.29) is 18.7 Å². The summed E-state index contributed by atoms with van der Waals surface area (Å²) in [6.07, 6.45) is -0.833. The van der Waals surface area contributed by atoms with Gasteiger partial charge in [-0.05, 0) is 12.1 Å². The lowest BCUT2D eigenvalue weighted by Crippen LogP contribution is -2.29. The Labute approximate surface area is 101 Å². The van der Waals surface area contributed by atoms with Gasteiger partial charge in [-0.2, -0.15) is 8.78 Å². The van der Waals surface area contributed by atoms with Gasteiger partial charge in [0.1, 0.15) is 6.10 Å². The SMILES string of the molecule is O=C1C(O)CCN1c1ccc(OC(F)F)c(F)c1. The Morgan fingerprint density at radius 3 is 2.67 bits per heavy atom. The molecule has 1 amide bonds. The highest BCUT2D eigenvalue weighted by Gasteiger charge is 2.31. The number of halogens is 3. The summed E-state index contributed by atoms with van der Waals surface area (Å²) >= 11 is 0. The number of amides is 1. The van der Waals surface area contributed by atoms with Crippen LogP contribution in [-0.4, -0.2) is 30.3 Å². The fraction of sp³-hybridized carbons (Fsp3) is 0.364. The first-order valence-electron chi connectivity index (χ1n) is 5.23. The van der Waals surface area contributed by atoms with Crippen molar-refractivity contribution in [1.82, 2.24) is 0 Å². The van der Waals surface area contributed by atoms with E-state index in [1.807, 2.05) is 0 Å². The van der Waals surface area contributed by atoms with E-state index < -0.39 is 30.2 Å². The van der Waals surface area contributed by atoms with Crippen molar-refractivity contribution in [2.24, 2.45) is 0 Å². The third kappa shape index (κ3) is 2.40. The summed E-state index contributed by atoms with van der Waals surface area (Å²) in [5, 5.41) is 9.26. The summed E-state index contributed by atoms with van der Waals surface area (Å²) in [6, 6.07) is 3.24. The van der Waals surface area contributed by atoms with Crippen molar-refractivity contribution in [3.63, 3.8) is 0 Å². The summed E-state index contributed by atoms with van der Waals surface area (Å²) in [5.41, 5.74) is 0.204. The van der Waals surface area contributed by atoms with Crippen molar-refractivity contribution in [2.45, 2.75) is 19.1 Å². The van der Waals surface area contributed by atoms with E-state index in [1.165, 1.54) is 11.0 Å². The maximum atomic E-state index is 13.4. The molecule has 1 aliphatic heterocycles. The number of aliphatic hydroxyl groups excluding tert-OH is 1. The number of alkyl halides is 2. The molecule has 1 aromatic rings. The summed E-state index contributed by atoms with van der Waals surface area (Å²) in [5.74, 6) is -2.10. The van der Waals surface area contributed by atoms with E-state index in [2.05, 4.69) is 4.74 Å². The van der Waals surface area contributed by atoms with E-state index in [4.69, 9.17) is 0 Å². The molecule has 1 atom stereocenters. The van der Waals surface area contributed by atoms with E-state index in [0.29, 0.717) is 0 Å². The number of carbonyl (C=O) groups excluding carboxylic acids is 1. The van der Waals surface area contributed by atoms with Gasteiger partial charge in [-0.3, -0.25) is 4.79 Å². The number of anilines is 1. The molecule has 1 unspecified atom stereocenters. The second-order valence-corrected chi connectivity index (χ2v) is 3.79. The minimum absolute atomic E-state index is 0.204. The smallest absolute Gasteiger partial charge is 0.387 e. The predicted octanol–water partition coefficient (Wildman–Crippen LogP) is 1.52. The van der Waals surface area contributed by atoms with Crippen LogP contribution >= 0.6 is 0 Å². The van der Waals surface area contributed by atoms with E-state index in [1.54, 1.807) is 0 Å². The minimum atomic E-state index is -3.11. The van der Waals surface area contributed by atoms with Crippen LogP contribution in [-0.2, 0) is 4.79 Å². The van der Waals surface area contributed by atoms with Crippen LogP contribution in [0.3, 0.4) is 0 Å². The van der Waals surface area contributed by atoms with Crippen LogP contribution in [0.4, 0.5) is 18.9 Å². The van der Waals surface area contributed by atoms with Gasteiger partial charge in [0.05, 0.1) is 0 Å². The molecule has 98 valence electrons. The molecule has 1 fully saturated rings. The largest absolute Gasteiger partial charge is 0.432 e. The first-order valence-corrected chi connectivity index (χ1v) is 5.23. The Morgan fingerprint density at radius 2 is 2.17 bits per heavy atom. The molecule has 1 aliphatic rings. The number of hydrogen-bond acceptors (Lipinski definition) is 3. The third-order valence-electron chi connectivity index (χ3n) is 2.62. The molecule has 18 heavy (non-hydrogen) atoms. The van der Waals surface area contributed by atoms with Crippen molar-refractivity contribution in [3.05, 3.63) is 24.0 Å². The fourth-order valence-electron chi connectivity index (χ4n) is 1.77. The zero-order chi connectivity index (χ0) is 13.3. The average molecular weight is 261 g/mol. The number of aliphatic hydroxyl groups is 1. The molecular formula is C11H10F3NO3. The average Bonchev–Trinajstić information content (AvgIpc) is 2.62. The summed E-state index contributed by atoms with van der Waals surface area (Å²) in [4.78, 5) is 12.7. The van der Waals surface area contributed by atoms with E-state index in [0.717, 1.165) is 12.1 Å². The van der Waals surface area contributed by atoms with Crippen LogP contribution in [0.25, 0.3) is 0 Å².